The summed E-state index contributed by atoms with van der Waals surface area (Å²) in [6.45, 7) is 5.85. The molecular formula is C17H20O2. The van der Waals surface area contributed by atoms with E-state index < -0.39 is 0 Å². The van der Waals surface area contributed by atoms with Gasteiger partial charge in [-0.1, -0.05) is 62.4 Å². The maximum atomic E-state index is 11.9. The minimum absolute atomic E-state index is 0.234. The SMILES string of the molecule is CC.C[C@@H](C(=O)Oc1ccccc1)c1ccccc1. The highest BCUT2D eigenvalue weighted by Gasteiger charge is 2.16. The Morgan fingerprint density at radius 3 is 1.89 bits per heavy atom. The van der Waals surface area contributed by atoms with E-state index in [-0.39, 0.29) is 11.9 Å². The fourth-order valence-corrected chi connectivity index (χ4v) is 1.57. The molecule has 0 heterocycles. The molecule has 2 nitrogen and oxygen atoms in total. The Balaban J connectivity index is 0.000000861. The number of hydrogen-bond acceptors (Lipinski definition) is 2. The van der Waals surface area contributed by atoms with E-state index in [1.54, 1.807) is 12.1 Å². The molecule has 2 heteroatoms. The molecule has 0 aliphatic heterocycles. The summed E-state index contributed by atoms with van der Waals surface area (Å²) in [5.41, 5.74) is 0.966. The van der Waals surface area contributed by atoms with Crippen molar-refractivity contribution in [2.45, 2.75) is 26.7 Å². The summed E-state index contributed by atoms with van der Waals surface area (Å²) in [5, 5.41) is 0. The zero-order chi connectivity index (χ0) is 14.1. The standard InChI is InChI=1S/C15H14O2.C2H6/c1-12(13-8-4-2-5-9-13)15(16)17-14-10-6-3-7-11-14;1-2/h2-12H,1H3;1-2H3/t12-;/m1./s1. The lowest BCUT2D eigenvalue weighted by molar-refractivity contribution is -0.135. The Hall–Kier alpha value is -2.09. The first kappa shape index (κ1) is 15.0. The maximum Gasteiger partial charge on any atom is 0.318 e. The first-order valence-corrected chi connectivity index (χ1v) is 6.59. The first-order chi connectivity index (χ1) is 9.27. The van der Waals surface area contributed by atoms with Crippen molar-refractivity contribution in [2.24, 2.45) is 0 Å². The maximum absolute atomic E-state index is 11.9. The minimum atomic E-state index is -0.253. The number of carbonyl (C=O) groups excluding carboxylic acids is 1. The van der Waals surface area contributed by atoms with Crippen LogP contribution < -0.4 is 4.74 Å². The number of ether oxygens (including phenoxy) is 1. The van der Waals surface area contributed by atoms with Crippen LogP contribution in [0.15, 0.2) is 60.7 Å². The van der Waals surface area contributed by atoms with Crippen molar-refractivity contribution in [2.75, 3.05) is 0 Å². The molecule has 0 N–H and O–H groups in total. The normalized spacial score (nSPS) is 10.9. The molecule has 0 aromatic heterocycles. The summed E-state index contributed by atoms with van der Waals surface area (Å²) in [4.78, 5) is 11.9. The molecule has 0 saturated heterocycles. The number of rotatable bonds is 3. The summed E-state index contributed by atoms with van der Waals surface area (Å²) in [7, 11) is 0. The lowest BCUT2D eigenvalue weighted by Gasteiger charge is -2.11. The van der Waals surface area contributed by atoms with Gasteiger partial charge >= 0.3 is 5.97 Å². The van der Waals surface area contributed by atoms with Crippen molar-refractivity contribution in [1.29, 1.82) is 0 Å². The van der Waals surface area contributed by atoms with Crippen molar-refractivity contribution in [1.82, 2.24) is 0 Å². The molecule has 19 heavy (non-hydrogen) atoms. The van der Waals surface area contributed by atoms with Gasteiger partial charge in [-0.15, -0.1) is 0 Å². The third kappa shape index (κ3) is 4.59. The highest BCUT2D eigenvalue weighted by Crippen LogP contribution is 2.18. The Morgan fingerprint density at radius 1 is 0.895 bits per heavy atom. The van der Waals surface area contributed by atoms with Gasteiger partial charge in [-0.2, -0.15) is 0 Å². The van der Waals surface area contributed by atoms with Crippen LogP contribution in [0, 0.1) is 0 Å². The molecule has 0 unspecified atom stereocenters. The Kier molecular flexibility index (Phi) is 6.37. The summed E-state index contributed by atoms with van der Waals surface area (Å²) in [6.07, 6.45) is 0. The molecule has 0 bridgehead atoms. The molecule has 0 aliphatic carbocycles. The van der Waals surface area contributed by atoms with E-state index in [4.69, 9.17) is 4.74 Å². The molecule has 2 aromatic carbocycles. The van der Waals surface area contributed by atoms with Crippen LogP contribution in [0.1, 0.15) is 32.3 Å². The van der Waals surface area contributed by atoms with E-state index in [0.29, 0.717) is 5.75 Å². The zero-order valence-corrected chi connectivity index (χ0v) is 11.7. The van der Waals surface area contributed by atoms with Gasteiger partial charge < -0.3 is 4.74 Å². The van der Waals surface area contributed by atoms with Crippen LogP contribution >= 0.6 is 0 Å². The van der Waals surface area contributed by atoms with Crippen molar-refractivity contribution >= 4 is 5.97 Å². The summed E-state index contributed by atoms with van der Waals surface area (Å²) in [5.74, 6) is 0.0964. The monoisotopic (exact) mass is 256 g/mol. The highest BCUT2D eigenvalue weighted by molar-refractivity contribution is 5.79. The van der Waals surface area contributed by atoms with E-state index in [2.05, 4.69) is 0 Å². The molecule has 0 amide bonds. The second-order valence-corrected chi connectivity index (χ2v) is 3.87. The van der Waals surface area contributed by atoms with Gasteiger partial charge in [-0.05, 0) is 24.6 Å². The van der Waals surface area contributed by atoms with E-state index in [1.165, 1.54) is 0 Å². The quantitative estimate of drug-likeness (QED) is 0.600. The van der Waals surface area contributed by atoms with Gasteiger partial charge in [0.05, 0.1) is 5.92 Å². The minimum Gasteiger partial charge on any atom is -0.426 e. The Bertz CT molecular complexity index is 477. The largest absolute Gasteiger partial charge is 0.426 e. The Labute approximate surface area is 115 Å². The van der Waals surface area contributed by atoms with Gasteiger partial charge in [0.2, 0.25) is 0 Å². The second-order valence-electron chi connectivity index (χ2n) is 3.87. The summed E-state index contributed by atoms with van der Waals surface area (Å²) >= 11 is 0. The molecule has 0 radical (unpaired) electrons. The smallest absolute Gasteiger partial charge is 0.318 e. The zero-order valence-electron chi connectivity index (χ0n) is 11.7. The number of para-hydroxylation sites is 1. The van der Waals surface area contributed by atoms with Crippen LogP contribution in [-0.4, -0.2) is 5.97 Å². The first-order valence-electron chi connectivity index (χ1n) is 6.59. The Morgan fingerprint density at radius 2 is 1.37 bits per heavy atom. The molecule has 0 fully saturated rings. The average molecular weight is 256 g/mol. The average Bonchev–Trinajstić information content (AvgIpc) is 2.50. The van der Waals surface area contributed by atoms with Crippen molar-refractivity contribution in [3.63, 3.8) is 0 Å². The molecule has 0 aliphatic rings. The fraction of sp³-hybridized carbons (Fsp3) is 0.235. The lowest BCUT2D eigenvalue weighted by Crippen LogP contribution is -2.16. The summed E-state index contributed by atoms with van der Waals surface area (Å²) < 4.78 is 5.29. The van der Waals surface area contributed by atoms with Gasteiger partial charge in [0.25, 0.3) is 0 Å². The predicted octanol–water partition coefficient (Wildman–Crippen LogP) is 4.42. The number of esters is 1. The molecule has 0 saturated carbocycles. The van der Waals surface area contributed by atoms with E-state index in [0.717, 1.165) is 5.56 Å². The highest BCUT2D eigenvalue weighted by atomic mass is 16.5. The van der Waals surface area contributed by atoms with Crippen LogP contribution in [0.25, 0.3) is 0 Å². The topological polar surface area (TPSA) is 26.3 Å². The number of carbonyl (C=O) groups is 1. The molecule has 1 atom stereocenters. The van der Waals surface area contributed by atoms with Crippen molar-refractivity contribution < 1.29 is 9.53 Å². The molecule has 2 rings (SSSR count). The molecular weight excluding hydrogens is 236 g/mol. The predicted molar refractivity (Wildman–Crippen MR) is 78.3 cm³/mol. The van der Waals surface area contributed by atoms with Crippen LogP contribution in [-0.2, 0) is 4.79 Å². The fourth-order valence-electron chi connectivity index (χ4n) is 1.57. The lowest BCUT2D eigenvalue weighted by atomic mass is 10.0. The number of hydrogen-bond donors (Lipinski definition) is 0. The third-order valence-corrected chi connectivity index (χ3v) is 2.61. The summed E-state index contributed by atoms with van der Waals surface area (Å²) in [6, 6.07) is 18.7. The van der Waals surface area contributed by atoms with Gasteiger partial charge in [-0.25, -0.2) is 0 Å². The van der Waals surface area contributed by atoms with E-state index in [1.807, 2.05) is 69.3 Å². The van der Waals surface area contributed by atoms with Gasteiger partial charge in [0.15, 0.2) is 0 Å². The van der Waals surface area contributed by atoms with Gasteiger partial charge in [0, 0.05) is 0 Å². The van der Waals surface area contributed by atoms with Crippen molar-refractivity contribution in [3.05, 3.63) is 66.2 Å². The molecule has 100 valence electrons. The van der Waals surface area contributed by atoms with Crippen LogP contribution in [0.2, 0.25) is 0 Å². The third-order valence-electron chi connectivity index (χ3n) is 2.61. The van der Waals surface area contributed by atoms with Gasteiger partial charge in [-0.3, -0.25) is 4.79 Å². The van der Waals surface area contributed by atoms with Crippen LogP contribution in [0.5, 0.6) is 5.75 Å². The van der Waals surface area contributed by atoms with Gasteiger partial charge in [0.1, 0.15) is 5.75 Å². The molecule has 2 aromatic rings. The van der Waals surface area contributed by atoms with E-state index in [9.17, 15) is 4.79 Å². The second kappa shape index (κ2) is 8.09. The van der Waals surface area contributed by atoms with Crippen molar-refractivity contribution in [3.8, 4) is 5.75 Å². The van der Waals surface area contributed by atoms with Crippen LogP contribution in [0.4, 0.5) is 0 Å². The molecule has 0 spiro atoms. The van der Waals surface area contributed by atoms with Crippen LogP contribution in [0.3, 0.4) is 0 Å². The number of benzene rings is 2. The van der Waals surface area contributed by atoms with E-state index >= 15 is 0 Å².